The molecule has 0 radical (unpaired) electrons. The third-order valence-electron chi connectivity index (χ3n) is 1.79. The fourth-order valence-corrected chi connectivity index (χ4v) is 8.73. The van der Waals surface area contributed by atoms with Crippen molar-refractivity contribution in [2.24, 2.45) is 0 Å². The molecule has 3 heteroatoms. The fraction of sp³-hybridized carbons (Fsp3) is 1.00. The van der Waals surface area contributed by atoms with Crippen molar-refractivity contribution in [3.8, 4) is 0 Å². The zero-order valence-corrected chi connectivity index (χ0v) is 12.2. The Morgan fingerprint density at radius 2 is 1.27 bits per heavy atom. The summed E-state index contributed by atoms with van der Waals surface area (Å²) in [5.74, 6) is 0. The van der Waals surface area contributed by atoms with Crippen molar-refractivity contribution in [1.29, 1.82) is 0 Å². The van der Waals surface area contributed by atoms with Crippen LogP contribution < -0.4 is 0 Å². The van der Waals surface area contributed by atoms with E-state index in [1.807, 2.05) is 0 Å². The van der Waals surface area contributed by atoms with Crippen molar-refractivity contribution in [2.75, 3.05) is 0 Å². The van der Waals surface area contributed by atoms with Gasteiger partial charge in [0.1, 0.15) is 0 Å². The summed E-state index contributed by atoms with van der Waals surface area (Å²) in [4.78, 5) is 0. The monoisotopic (exact) mass is 320 g/mol. The first-order valence-corrected chi connectivity index (χ1v) is 14.4. The molecular formula is C8H18Br2Ti. The number of hydrogen-bond acceptors (Lipinski definition) is 0. The van der Waals surface area contributed by atoms with Crippen molar-refractivity contribution < 1.29 is 12.4 Å². The van der Waals surface area contributed by atoms with Crippen molar-refractivity contribution >= 4 is 26.3 Å². The molecule has 0 aromatic rings. The normalized spacial score (nSPS) is 12.0. The molecule has 11 heavy (non-hydrogen) atoms. The van der Waals surface area contributed by atoms with E-state index in [-0.39, 0.29) is 0 Å². The van der Waals surface area contributed by atoms with Gasteiger partial charge in [0.15, 0.2) is 0 Å². The molecule has 0 nitrogen and oxygen atoms in total. The Balaban J connectivity index is 3.43. The molecule has 0 saturated heterocycles. The van der Waals surface area contributed by atoms with Gasteiger partial charge in [0.25, 0.3) is 0 Å². The molecule has 0 aliphatic rings. The number of rotatable bonds is 6. The predicted octanol–water partition coefficient (Wildman–Crippen LogP) is 5.20. The predicted molar refractivity (Wildman–Crippen MR) is 57.3 cm³/mol. The van der Waals surface area contributed by atoms with Crippen LogP contribution in [0.1, 0.15) is 39.5 Å². The van der Waals surface area contributed by atoms with E-state index < -0.39 is 12.4 Å². The quantitative estimate of drug-likeness (QED) is 0.590. The molecule has 0 aromatic heterocycles. The minimum atomic E-state index is -1.59. The van der Waals surface area contributed by atoms with E-state index in [2.05, 4.69) is 40.2 Å². The Hall–Kier alpha value is 1.67. The van der Waals surface area contributed by atoms with Crippen LogP contribution >= 0.6 is 26.3 Å². The molecular weight excluding hydrogens is 304 g/mol. The molecule has 0 aliphatic heterocycles. The second-order valence-corrected chi connectivity index (χ2v) is 24.2. The van der Waals surface area contributed by atoms with E-state index in [1.54, 1.807) is 0 Å². The Labute approximate surface area is 87.0 Å². The van der Waals surface area contributed by atoms with Gasteiger partial charge in [-0.3, -0.25) is 0 Å². The molecule has 0 heterocycles. The van der Waals surface area contributed by atoms with Gasteiger partial charge in [0.05, 0.1) is 0 Å². The van der Waals surface area contributed by atoms with Gasteiger partial charge in [-0.05, 0) is 0 Å². The molecule has 0 fully saturated rings. The third kappa shape index (κ3) is 8.02. The molecule has 0 spiro atoms. The Bertz CT molecular complexity index is 84.1. The molecule has 0 rings (SSSR count). The van der Waals surface area contributed by atoms with Crippen molar-refractivity contribution in [2.45, 2.75) is 49.0 Å². The summed E-state index contributed by atoms with van der Waals surface area (Å²) < 4.78 is 2.85. The summed E-state index contributed by atoms with van der Waals surface area (Å²) in [7, 11) is 0. The molecule has 68 valence electrons. The molecule has 0 amide bonds. The summed E-state index contributed by atoms with van der Waals surface area (Å²) in [5.41, 5.74) is 0. The first-order valence-electron chi connectivity index (χ1n) is 4.50. The van der Waals surface area contributed by atoms with Crippen LogP contribution in [-0.4, -0.2) is 0 Å². The average molecular weight is 322 g/mol. The van der Waals surface area contributed by atoms with Crippen LogP contribution in [0.3, 0.4) is 0 Å². The molecule has 0 bridgehead atoms. The topological polar surface area (TPSA) is 0 Å². The van der Waals surface area contributed by atoms with Gasteiger partial charge in [-0.2, -0.15) is 0 Å². The van der Waals surface area contributed by atoms with E-state index in [9.17, 15) is 0 Å². The average Bonchev–Trinajstić information content (AvgIpc) is 1.97. The van der Waals surface area contributed by atoms with Gasteiger partial charge in [0.2, 0.25) is 0 Å². The van der Waals surface area contributed by atoms with Crippen molar-refractivity contribution in [3.05, 3.63) is 0 Å². The molecule has 0 atom stereocenters. The molecule has 0 saturated carbocycles. The van der Waals surface area contributed by atoms with Gasteiger partial charge in [0, 0.05) is 0 Å². The number of unbranched alkanes of at least 4 members (excludes halogenated alkanes) is 2. The molecule has 0 unspecified atom stereocenters. The second kappa shape index (κ2) is 7.11. The first kappa shape index (κ1) is 12.7. The minimum absolute atomic E-state index is 1.33. The Kier molecular flexibility index (Phi) is 8.20. The zero-order chi connectivity index (χ0) is 8.74. The SMILES string of the molecule is CCC[CH2][Ti]([Br])([Br])[CH2]CCC. The fourth-order valence-electron chi connectivity index (χ4n) is 0.996. The zero-order valence-electron chi connectivity index (χ0n) is 7.50. The summed E-state index contributed by atoms with van der Waals surface area (Å²) in [6.45, 7) is 4.52. The van der Waals surface area contributed by atoms with Crippen LogP contribution in [0, 0.1) is 0 Å². The van der Waals surface area contributed by atoms with E-state index in [0.717, 1.165) is 0 Å². The molecule has 0 aliphatic carbocycles. The van der Waals surface area contributed by atoms with Gasteiger partial charge < -0.3 is 0 Å². The molecule has 0 aromatic carbocycles. The van der Waals surface area contributed by atoms with E-state index in [1.165, 1.54) is 35.1 Å². The van der Waals surface area contributed by atoms with E-state index >= 15 is 0 Å². The number of halogens is 2. The first-order chi connectivity index (χ1) is 5.12. The molecule has 0 N–H and O–H groups in total. The van der Waals surface area contributed by atoms with Crippen LogP contribution in [0.5, 0.6) is 0 Å². The van der Waals surface area contributed by atoms with Gasteiger partial charge >= 0.3 is 87.7 Å². The Morgan fingerprint density at radius 1 is 0.909 bits per heavy atom. The summed E-state index contributed by atoms with van der Waals surface area (Å²) in [6, 6.07) is 0. The summed E-state index contributed by atoms with van der Waals surface area (Å²) >= 11 is 6.18. The van der Waals surface area contributed by atoms with Crippen LogP contribution in [0.15, 0.2) is 0 Å². The van der Waals surface area contributed by atoms with Crippen LogP contribution in [0.25, 0.3) is 0 Å². The van der Waals surface area contributed by atoms with Crippen LogP contribution in [0.4, 0.5) is 0 Å². The Morgan fingerprint density at radius 3 is 1.55 bits per heavy atom. The van der Waals surface area contributed by atoms with Crippen LogP contribution in [-0.2, 0) is 12.4 Å². The maximum atomic E-state index is 3.89. The van der Waals surface area contributed by atoms with Crippen LogP contribution in [0.2, 0.25) is 9.45 Å². The number of hydrogen-bond donors (Lipinski definition) is 0. The summed E-state index contributed by atoms with van der Waals surface area (Å²) in [5, 5.41) is 0. The van der Waals surface area contributed by atoms with Crippen molar-refractivity contribution in [1.82, 2.24) is 0 Å². The van der Waals surface area contributed by atoms with Crippen molar-refractivity contribution in [3.63, 3.8) is 0 Å². The van der Waals surface area contributed by atoms with E-state index in [4.69, 9.17) is 0 Å². The second-order valence-electron chi connectivity index (χ2n) is 3.06. The maximum absolute atomic E-state index is 3.89. The summed E-state index contributed by atoms with van der Waals surface area (Å²) in [6.07, 6.45) is 5.44. The third-order valence-corrected chi connectivity index (χ3v) is 11.7. The van der Waals surface area contributed by atoms with Gasteiger partial charge in [-0.15, -0.1) is 0 Å². The van der Waals surface area contributed by atoms with Gasteiger partial charge in [-0.1, -0.05) is 0 Å². The van der Waals surface area contributed by atoms with E-state index in [0.29, 0.717) is 0 Å². The van der Waals surface area contributed by atoms with Gasteiger partial charge in [-0.25, -0.2) is 0 Å². The standard InChI is InChI=1S/2C4H9.2BrH.Ti/c2*1-3-4-2;;;/h2*1,3-4H2,2H3;2*1H;/q;;;;+2/p-2.